The highest BCUT2D eigenvalue weighted by Gasteiger charge is 2.28. The van der Waals surface area contributed by atoms with Crippen LogP contribution in [-0.2, 0) is 14.8 Å². The van der Waals surface area contributed by atoms with Gasteiger partial charge in [-0.1, -0.05) is 6.07 Å². The van der Waals surface area contributed by atoms with Gasteiger partial charge in [-0.25, -0.2) is 17.9 Å². The third kappa shape index (κ3) is 4.02. The molecule has 8 heteroatoms. The number of carbonyl (C=O) groups excluding carboxylic acids is 1. The van der Waals surface area contributed by atoms with E-state index in [2.05, 4.69) is 4.72 Å². The molecule has 7 nitrogen and oxygen atoms in total. The van der Waals surface area contributed by atoms with Gasteiger partial charge >= 0.3 is 5.97 Å². The van der Waals surface area contributed by atoms with E-state index in [9.17, 15) is 18.0 Å². The van der Waals surface area contributed by atoms with Gasteiger partial charge < -0.3 is 10.8 Å². The van der Waals surface area contributed by atoms with Crippen LogP contribution < -0.4 is 10.5 Å². The van der Waals surface area contributed by atoms with Crippen LogP contribution in [0.1, 0.15) is 29.8 Å². The van der Waals surface area contributed by atoms with Gasteiger partial charge in [0, 0.05) is 6.54 Å². The minimum Gasteiger partial charge on any atom is -0.478 e. The summed E-state index contributed by atoms with van der Waals surface area (Å²) < 4.78 is 26.8. The fourth-order valence-corrected chi connectivity index (χ4v) is 2.94. The van der Waals surface area contributed by atoms with E-state index in [-0.39, 0.29) is 17.0 Å². The molecule has 1 aromatic carbocycles. The average Bonchev–Trinajstić information content (AvgIpc) is 2.36. The molecule has 21 heavy (non-hydrogen) atoms. The van der Waals surface area contributed by atoms with Crippen LogP contribution in [0.25, 0.3) is 0 Å². The quantitative estimate of drug-likeness (QED) is 0.704. The van der Waals surface area contributed by atoms with Crippen LogP contribution in [0.3, 0.4) is 0 Å². The molecule has 0 aliphatic rings. The Morgan fingerprint density at radius 3 is 2.38 bits per heavy atom. The highest BCUT2D eigenvalue weighted by molar-refractivity contribution is 7.89. The third-order valence-electron chi connectivity index (χ3n) is 3.10. The zero-order chi connectivity index (χ0) is 16.4. The van der Waals surface area contributed by atoms with Gasteiger partial charge in [-0.15, -0.1) is 0 Å². The highest BCUT2D eigenvalue weighted by atomic mass is 32.2. The van der Waals surface area contributed by atoms with Crippen LogP contribution in [0.15, 0.2) is 23.1 Å². The maximum Gasteiger partial charge on any atom is 0.335 e. The molecule has 0 spiro atoms. The summed E-state index contributed by atoms with van der Waals surface area (Å²) in [5.74, 6) is -1.86. The number of carboxylic acid groups (broad SMARTS) is 1. The van der Waals surface area contributed by atoms with Crippen LogP contribution in [0, 0.1) is 12.3 Å². The Morgan fingerprint density at radius 1 is 1.33 bits per heavy atom. The summed E-state index contributed by atoms with van der Waals surface area (Å²) in [5, 5.41) is 8.92. The summed E-state index contributed by atoms with van der Waals surface area (Å²) >= 11 is 0. The van der Waals surface area contributed by atoms with E-state index in [0.29, 0.717) is 5.56 Å². The molecule has 0 aromatic heterocycles. The summed E-state index contributed by atoms with van der Waals surface area (Å²) in [6, 6.07) is 3.82. The first-order valence-corrected chi connectivity index (χ1v) is 7.59. The topological polar surface area (TPSA) is 127 Å². The molecule has 0 unspecified atom stereocenters. The predicted octanol–water partition coefficient (Wildman–Crippen LogP) is 0.483. The number of aryl methyl sites for hydroxylation is 1. The van der Waals surface area contributed by atoms with Crippen molar-refractivity contribution in [1.29, 1.82) is 0 Å². The second kappa shape index (κ2) is 5.82. The molecule has 1 amide bonds. The van der Waals surface area contributed by atoms with E-state index in [4.69, 9.17) is 10.8 Å². The van der Waals surface area contributed by atoms with Crippen molar-refractivity contribution in [2.45, 2.75) is 25.7 Å². The zero-order valence-electron chi connectivity index (χ0n) is 12.0. The Morgan fingerprint density at radius 2 is 1.90 bits per heavy atom. The van der Waals surface area contributed by atoms with Crippen molar-refractivity contribution >= 4 is 21.9 Å². The summed E-state index contributed by atoms with van der Waals surface area (Å²) in [6.45, 7) is 4.40. The molecule has 0 aliphatic carbocycles. The van der Waals surface area contributed by atoms with Gasteiger partial charge in [0.05, 0.1) is 15.9 Å². The molecular weight excluding hydrogens is 296 g/mol. The number of nitrogens with one attached hydrogen (secondary N) is 1. The zero-order valence-corrected chi connectivity index (χ0v) is 12.8. The molecule has 0 aliphatic heterocycles. The van der Waals surface area contributed by atoms with Crippen molar-refractivity contribution in [2.75, 3.05) is 6.54 Å². The van der Waals surface area contributed by atoms with E-state index in [1.807, 2.05) is 0 Å². The Balaban J connectivity index is 3.11. The lowest BCUT2D eigenvalue weighted by Gasteiger charge is -2.21. The fraction of sp³-hybridized carbons (Fsp3) is 0.385. The number of carboxylic acids is 1. The summed E-state index contributed by atoms with van der Waals surface area (Å²) in [6.07, 6.45) is 0. The van der Waals surface area contributed by atoms with Gasteiger partial charge in [-0.2, -0.15) is 0 Å². The van der Waals surface area contributed by atoms with Crippen LogP contribution in [-0.4, -0.2) is 31.9 Å². The normalized spacial score (nSPS) is 12.1. The van der Waals surface area contributed by atoms with Gasteiger partial charge in [-0.3, -0.25) is 4.79 Å². The second-order valence-electron chi connectivity index (χ2n) is 5.36. The number of aromatic carboxylic acids is 1. The number of nitrogens with two attached hydrogens (primary N) is 1. The number of rotatable bonds is 6. The van der Waals surface area contributed by atoms with Crippen molar-refractivity contribution in [3.8, 4) is 0 Å². The Bertz CT molecular complexity index is 680. The maximum atomic E-state index is 12.2. The van der Waals surface area contributed by atoms with E-state index in [1.165, 1.54) is 26.0 Å². The molecule has 1 aromatic rings. The van der Waals surface area contributed by atoms with E-state index in [0.717, 1.165) is 6.07 Å². The first-order valence-electron chi connectivity index (χ1n) is 6.11. The smallest absolute Gasteiger partial charge is 0.335 e. The number of sulfonamides is 1. The first kappa shape index (κ1) is 17.1. The van der Waals surface area contributed by atoms with Crippen LogP contribution in [0.5, 0.6) is 0 Å². The Hall–Kier alpha value is -1.93. The maximum absolute atomic E-state index is 12.2. The van der Waals surface area contributed by atoms with Crippen molar-refractivity contribution in [2.24, 2.45) is 11.1 Å². The number of primary amides is 1. The largest absolute Gasteiger partial charge is 0.478 e. The Kier molecular flexibility index (Phi) is 4.75. The fourth-order valence-electron chi connectivity index (χ4n) is 1.46. The molecular formula is C13H18N2O5S. The van der Waals surface area contributed by atoms with Gasteiger partial charge in [0.25, 0.3) is 0 Å². The second-order valence-corrected chi connectivity index (χ2v) is 7.09. The molecule has 0 bridgehead atoms. The van der Waals surface area contributed by atoms with Gasteiger partial charge in [0.1, 0.15) is 0 Å². The van der Waals surface area contributed by atoms with Crippen molar-refractivity contribution in [3.63, 3.8) is 0 Å². The number of amides is 1. The molecule has 0 fully saturated rings. The first-order chi connectivity index (χ1) is 9.47. The lowest BCUT2D eigenvalue weighted by molar-refractivity contribution is -0.125. The minimum absolute atomic E-state index is 0.130. The SMILES string of the molecule is Cc1ccc(C(=O)O)cc1S(=O)(=O)NCC(C)(C)C(N)=O. The molecule has 0 radical (unpaired) electrons. The lowest BCUT2D eigenvalue weighted by atomic mass is 9.93. The molecule has 1 rings (SSSR count). The number of carbonyl (C=O) groups is 2. The molecule has 116 valence electrons. The highest BCUT2D eigenvalue weighted by Crippen LogP contribution is 2.19. The average molecular weight is 314 g/mol. The van der Waals surface area contributed by atoms with E-state index in [1.54, 1.807) is 6.92 Å². The van der Waals surface area contributed by atoms with Gasteiger partial charge in [0.2, 0.25) is 15.9 Å². The van der Waals surface area contributed by atoms with E-state index < -0.39 is 27.3 Å². The predicted molar refractivity (Wildman–Crippen MR) is 76.3 cm³/mol. The molecule has 4 N–H and O–H groups in total. The van der Waals surface area contributed by atoms with E-state index >= 15 is 0 Å². The molecule has 0 atom stereocenters. The summed E-state index contributed by atoms with van der Waals surface area (Å²) in [7, 11) is -3.93. The van der Waals surface area contributed by atoms with Gasteiger partial charge in [-0.05, 0) is 38.5 Å². The number of hydrogen-bond donors (Lipinski definition) is 3. The lowest BCUT2D eigenvalue weighted by Crippen LogP contribution is -2.42. The summed E-state index contributed by atoms with van der Waals surface area (Å²) in [5.41, 5.74) is 4.41. The number of hydrogen-bond acceptors (Lipinski definition) is 4. The Labute approximate surface area is 123 Å². The molecule has 0 heterocycles. The van der Waals surface area contributed by atoms with Crippen LogP contribution in [0.2, 0.25) is 0 Å². The van der Waals surface area contributed by atoms with Crippen LogP contribution >= 0.6 is 0 Å². The molecule has 0 saturated carbocycles. The third-order valence-corrected chi connectivity index (χ3v) is 4.64. The monoisotopic (exact) mass is 314 g/mol. The van der Waals surface area contributed by atoms with Crippen molar-refractivity contribution in [3.05, 3.63) is 29.3 Å². The van der Waals surface area contributed by atoms with Crippen molar-refractivity contribution in [1.82, 2.24) is 4.72 Å². The van der Waals surface area contributed by atoms with Gasteiger partial charge in [0.15, 0.2) is 0 Å². The molecule has 0 saturated heterocycles. The van der Waals surface area contributed by atoms with Crippen molar-refractivity contribution < 1.29 is 23.1 Å². The number of benzene rings is 1. The summed E-state index contributed by atoms with van der Waals surface area (Å²) in [4.78, 5) is 22.0. The van der Waals surface area contributed by atoms with Crippen LogP contribution in [0.4, 0.5) is 0 Å². The standard InChI is InChI=1S/C13H18N2O5S/c1-8-4-5-9(11(16)17)6-10(8)21(19,20)15-7-13(2,3)12(14)18/h4-6,15H,7H2,1-3H3,(H2,14,18)(H,16,17). The minimum atomic E-state index is -3.93.